The first-order chi connectivity index (χ1) is 11.8. The summed E-state index contributed by atoms with van der Waals surface area (Å²) in [7, 11) is 1.61. The highest BCUT2D eigenvalue weighted by molar-refractivity contribution is 7.15. The number of pyridine rings is 1. The molecule has 0 radical (unpaired) electrons. The summed E-state index contributed by atoms with van der Waals surface area (Å²) >= 11 is 1.59. The Morgan fingerprint density at radius 3 is 2.92 bits per heavy atom. The number of hydrogen-bond donors (Lipinski definition) is 1. The Balaban J connectivity index is 1.60. The molecule has 2 aromatic heterocycles. The monoisotopic (exact) mass is 347 g/mol. The second-order valence-electron chi connectivity index (χ2n) is 5.63. The van der Waals surface area contributed by atoms with E-state index in [9.17, 15) is 4.79 Å². The molecular formula is C17H21N3O3S. The van der Waals surface area contributed by atoms with E-state index < -0.39 is 0 Å². The molecule has 0 saturated carbocycles. The summed E-state index contributed by atoms with van der Waals surface area (Å²) in [5.74, 6) is 0.277. The van der Waals surface area contributed by atoms with Crippen molar-refractivity contribution in [3.63, 3.8) is 0 Å². The maximum Gasteiger partial charge on any atom is 0.259 e. The van der Waals surface area contributed by atoms with Gasteiger partial charge >= 0.3 is 0 Å². The lowest BCUT2D eigenvalue weighted by molar-refractivity contribution is 0.102. The van der Waals surface area contributed by atoms with Crippen molar-refractivity contribution in [3.8, 4) is 5.88 Å². The molecular weight excluding hydrogens is 326 g/mol. The largest absolute Gasteiger partial charge is 0.475 e. The Bertz CT molecular complexity index is 661. The summed E-state index contributed by atoms with van der Waals surface area (Å²) in [5.41, 5.74) is 1.63. The number of anilines is 1. The number of aryl methyl sites for hydroxylation is 2. The SMILES string of the molecule is COCCOc1ccc(C(=O)Nc2nc3c(s2)CCCCC3)cn1. The molecule has 128 valence electrons. The Hall–Kier alpha value is -1.99. The van der Waals surface area contributed by atoms with Gasteiger partial charge in [0.05, 0.1) is 17.9 Å². The molecule has 0 spiro atoms. The Morgan fingerprint density at radius 2 is 2.12 bits per heavy atom. The molecule has 0 atom stereocenters. The molecule has 0 bridgehead atoms. The lowest BCUT2D eigenvalue weighted by Crippen LogP contribution is -2.12. The summed E-state index contributed by atoms with van der Waals surface area (Å²) in [4.78, 5) is 22.3. The van der Waals surface area contributed by atoms with Crippen LogP contribution in [0.4, 0.5) is 5.13 Å². The maximum absolute atomic E-state index is 12.3. The number of nitrogens with one attached hydrogen (secondary N) is 1. The number of methoxy groups -OCH3 is 1. The van der Waals surface area contributed by atoms with Crippen LogP contribution in [0.2, 0.25) is 0 Å². The molecule has 7 heteroatoms. The fraction of sp³-hybridized carbons (Fsp3) is 0.471. The highest BCUT2D eigenvalue weighted by atomic mass is 32.1. The zero-order valence-electron chi connectivity index (χ0n) is 13.7. The van der Waals surface area contributed by atoms with E-state index in [4.69, 9.17) is 9.47 Å². The predicted octanol–water partition coefficient (Wildman–Crippen LogP) is 3.08. The summed E-state index contributed by atoms with van der Waals surface area (Å²) in [6.07, 6.45) is 7.23. The van der Waals surface area contributed by atoms with Gasteiger partial charge in [-0.15, -0.1) is 11.3 Å². The van der Waals surface area contributed by atoms with Crippen LogP contribution >= 0.6 is 11.3 Å². The van der Waals surface area contributed by atoms with Crippen molar-refractivity contribution in [2.45, 2.75) is 32.1 Å². The van der Waals surface area contributed by atoms with Gasteiger partial charge in [-0.25, -0.2) is 9.97 Å². The first-order valence-corrected chi connectivity index (χ1v) is 8.95. The van der Waals surface area contributed by atoms with E-state index in [2.05, 4.69) is 15.3 Å². The number of hydrogen-bond acceptors (Lipinski definition) is 6. The fourth-order valence-corrected chi connectivity index (χ4v) is 3.63. The molecule has 2 heterocycles. The van der Waals surface area contributed by atoms with Crippen LogP contribution < -0.4 is 10.1 Å². The molecule has 0 aromatic carbocycles. The van der Waals surface area contributed by atoms with E-state index in [1.165, 1.54) is 30.3 Å². The summed E-state index contributed by atoms with van der Waals surface area (Å²) < 4.78 is 10.3. The van der Waals surface area contributed by atoms with Gasteiger partial charge in [0.1, 0.15) is 6.61 Å². The molecule has 0 unspecified atom stereocenters. The molecule has 1 N–H and O–H groups in total. The Kier molecular flexibility index (Phi) is 5.77. The number of carbonyl (C=O) groups is 1. The maximum atomic E-state index is 12.3. The molecule has 3 rings (SSSR count). The lowest BCUT2D eigenvalue weighted by Gasteiger charge is -2.05. The molecule has 24 heavy (non-hydrogen) atoms. The van der Waals surface area contributed by atoms with E-state index in [1.807, 2.05) is 0 Å². The van der Waals surface area contributed by atoms with Crippen LogP contribution in [-0.4, -0.2) is 36.2 Å². The van der Waals surface area contributed by atoms with Crippen molar-refractivity contribution in [2.24, 2.45) is 0 Å². The van der Waals surface area contributed by atoms with E-state index >= 15 is 0 Å². The third-order valence-electron chi connectivity index (χ3n) is 3.85. The number of rotatable bonds is 6. The number of ether oxygens (including phenoxy) is 2. The number of carbonyl (C=O) groups excluding carboxylic acids is 1. The number of thiazole rings is 1. The minimum absolute atomic E-state index is 0.199. The summed E-state index contributed by atoms with van der Waals surface area (Å²) in [5, 5.41) is 3.55. The highest BCUT2D eigenvalue weighted by Gasteiger charge is 2.16. The zero-order chi connectivity index (χ0) is 16.8. The van der Waals surface area contributed by atoms with E-state index in [0.717, 1.165) is 18.5 Å². The normalized spacial score (nSPS) is 13.9. The van der Waals surface area contributed by atoms with Crippen molar-refractivity contribution >= 4 is 22.4 Å². The van der Waals surface area contributed by atoms with Crippen LogP contribution in [0.5, 0.6) is 5.88 Å². The minimum atomic E-state index is -0.199. The number of amides is 1. The minimum Gasteiger partial charge on any atom is -0.475 e. The van der Waals surface area contributed by atoms with Crippen LogP contribution in [0, 0.1) is 0 Å². The van der Waals surface area contributed by atoms with Gasteiger partial charge in [0, 0.05) is 24.3 Å². The van der Waals surface area contributed by atoms with Gasteiger partial charge in [-0.3, -0.25) is 10.1 Å². The van der Waals surface area contributed by atoms with Crippen LogP contribution in [0.3, 0.4) is 0 Å². The summed E-state index contributed by atoms with van der Waals surface area (Å²) in [6.45, 7) is 0.929. The average molecular weight is 347 g/mol. The van der Waals surface area contributed by atoms with Gasteiger partial charge in [0.25, 0.3) is 5.91 Å². The first kappa shape index (κ1) is 16.9. The topological polar surface area (TPSA) is 73.3 Å². The van der Waals surface area contributed by atoms with Crippen molar-refractivity contribution in [3.05, 3.63) is 34.5 Å². The zero-order valence-corrected chi connectivity index (χ0v) is 14.5. The van der Waals surface area contributed by atoms with E-state index in [0.29, 0.717) is 29.8 Å². The fourth-order valence-electron chi connectivity index (χ4n) is 2.58. The van der Waals surface area contributed by atoms with Crippen molar-refractivity contribution in [1.29, 1.82) is 0 Å². The third-order valence-corrected chi connectivity index (χ3v) is 4.92. The quantitative estimate of drug-likeness (QED) is 0.642. The second kappa shape index (κ2) is 8.21. The second-order valence-corrected chi connectivity index (χ2v) is 6.71. The molecule has 1 amide bonds. The standard InChI is InChI=1S/C17H21N3O3S/c1-22-9-10-23-15-8-7-12(11-18-15)16(21)20-17-19-13-5-3-2-4-6-14(13)24-17/h7-8,11H,2-6,9-10H2,1H3,(H,19,20,21). The van der Waals surface area contributed by atoms with Crippen LogP contribution in [0.15, 0.2) is 18.3 Å². The van der Waals surface area contributed by atoms with Gasteiger partial charge in [0.15, 0.2) is 5.13 Å². The van der Waals surface area contributed by atoms with Crippen molar-refractivity contribution < 1.29 is 14.3 Å². The lowest BCUT2D eigenvalue weighted by atomic mass is 10.2. The van der Waals surface area contributed by atoms with Crippen LogP contribution in [0.25, 0.3) is 0 Å². The average Bonchev–Trinajstić information content (AvgIpc) is 2.84. The predicted molar refractivity (Wildman–Crippen MR) is 92.9 cm³/mol. The summed E-state index contributed by atoms with van der Waals surface area (Å²) in [6, 6.07) is 3.38. The van der Waals surface area contributed by atoms with Gasteiger partial charge in [-0.05, 0) is 31.7 Å². The molecule has 1 aliphatic rings. The molecule has 0 aliphatic heterocycles. The van der Waals surface area contributed by atoms with Crippen molar-refractivity contribution in [1.82, 2.24) is 9.97 Å². The van der Waals surface area contributed by atoms with E-state index in [-0.39, 0.29) is 5.91 Å². The number of nitrogens with zero attached hydrogens (tertiary/aromatic N) is 2. The molecule has 6 nitrogen and oxygen atoms in total. The Morgan fingerprint density at radius 1 is 1.25 bits per heavy atom. The smallest absolute Gasteiger partial charge is 0.259 e. The molecule has 2 aromatic rings. The number of fused-ring (bicyclic) bond motifs is 1. The third kappa shape index (κ3) is 4.30. The van der Waals surface area contributed by atoms with Gasteiger partial charge < -0.3 is 9.47 Å². The van der Waals surface area contributed by atoms with Gasteiger partial charge in [0.2, 0.25) is 5.88 Å². The molecule has 1 aliphatic carbocycles. The van der Waals surface area contributed by atoms with Gasteiger partial charge in [-0.2, -0.15) is 0 Å². The molecule has 0 fully saturated rings. The van der Waals surface area contributed by atoms with Crippen molar-refractivity contribution in [2.75, 3.05) is 25.6 Å². The van der Waals surface area contributed by atoms with Crippen LogP contribution in [0.1, 0.15) is 40.2 Å². The first-order valence-electron chi connectivity index (χ1n) is 8.14. The van der Waals surface area contributed by atoms with Crippen LogP contribution in [-0.2, 0) is 17.6 Å². The molecule has 0 saturated heterocycles. The van der Waals surface area contributed by atoms with Gasteiger partial charge in [-0.1, -0.05) is 6.42 Å². The Labute approximate surface area is 145 Å². The highest BCUT2D eigenvalue weighted by Crippen LogP contribution is 2.29. The van der Waals surface area contributed by atoms with E-state index in [1.54, 1.807) is 30.6 Å². The number of aromatic nitrogens is 2.